The van der Waals surface area contributed by atoms with E-state index in [1.807, 2.05) is 30.3 Å². The van der Waals surface area contributed by atoms with Crippen LogP contribution in [-0.2, 0) is 12.8 Å². The first kappa shape index (κ1) is 21.5. The molecule has 4 aliphatic carbocycles. The molecule has 0 spiro atoms. The number of methoxy groups -OCH3 is 1. The van der Waals surface area contributed by atoms with Crippen molar-refractivity contribution in [3.05, 3.63) is 53.0 Å². The van der Waals surface area contributed by atoms with Gasteiger partial charge in [0.2, 0.25) is 5.78 Å². The summed E-state index contributed by atoms with van der Waals surface area (Å²) in [6.45, 7) is 4.87. The van der Waals surface area contributed by atoms with Crippen molar-refractivity contribution >= 4 is 5.78 Å². The zero-order valence-corrected chi connectivity index (χ0v) is 20.1. The molecule has 1 aromatic heterocycles. The fraction of sp³-hybridized carbons (Fsp3) is 0.621. The molecule has 1 heterocycles. The number of aliphatic hydroxyl groups is 1. The van der Waals surface area contributed by atoms with Crippen LogP contribution in [0, 0.1) is 34.5 Å². The van der Waals surface area contributed by atoms with Crippen LogP contribution in [-0.4, -0.2) is 24.1 Å². The van der Waals surface area contributed by atoms with E-state index < -0.39 is 0 Å². The topological polar surface area (TPSA) is 59.7 Å². The van der Waals surface area contributed by atoms with Gasteiger partial charge in [0.15, 0.2) is 5.76 Å². The van der Waals surface area contributed by atoms with E-state index in [2.05, 4.69) is 13.8 Å². The van der Waals surface area contributed by atoms with Crippen LogP contribution < -0.4 is 4.74 Å². The predicted molar refractivity (Wildman–Crippen MR) is 126 cm³/mol. The summed E-state index contributed by atoms with van der Waals surface area (Å²) in [6.07, 6.45) is 8.92. The van der Waals surface area contributed by atoms with Gasteiger partial charge in [0.25, 0.3) is 0 Å². The third-order valence-electron chi connectivity index (χ3n) is 10.5. The normalized spacial score (nSPS) is 39.2. The number of benzene rings is 1. The van der Waals surface area contributed by atoms with Crippen LogP contribution in [0.25, 0.3) is 0 Å². The van der Waals surface area contributed by atoms with Crippen LogP contribution >= 0.6 is 0 Å². The molecular weight excluding hydrogens is 412 g/mol. The molecule has 0 radical (unpaired) electrons. The van der Waals surface area contributed by atoms with Gasteiger partial charge in [-0.1, -0.05) is 13.8 Å². The zero-order chi connectivity index (χ0) is 23.0. The van der Waals surface area contributed by atoms with Gasteiger partial charge >= 0.3 is 0 Å². The summed E-state index contributed by atoms with van der Waals surface area (Å²) in [6, 6.07) is 9.29. The molecule has 2 aromatic rings. The maximum Gasteiger partial charge on any atom is 0.228 e. The fourth-order valence-electron chi connectivity index (χ4n) is 8.54. The van der Waals surface area contributed by atoms with Gasteiger partial charge in [0.1, 0.15) is 11.5 Å². The zero-order valence-electron chi connectivity index (χ0n) is 20.1. The van der Waals surface area contributed by atoms with Crippen molar-refractivity contribution in [2.75, 3.05) is 7.11 Å². The molecule has 3 saturated carbocycles. The Hall–Kier alpha value is -2.07. The Kier molecular flexibility index (Phi) is 4.85. The number of aliphatic hydroxyl groups excluding tert-OH is 1. The third-order valence-corrected chi connectivity index (χ3v) is 10.5. The molecule has 4 heteroatoms. The number of fused-ring (bicyclic) bond motifs is 6. The largest absolute Gasteiger partial charge is 0.497 e. The molecule has 33 heavy (non-hydrogen) atoms. The van der Waals surface area contributed by atoms with Crippen molar-refractivity contribution in [1.82, 2.24) is 0 Å². The molecule has 6 rings (SSSR count). The number of carbonyl (C=O) groups is 1. The van der Waals surface area contributed by atoms with Crippen molar-refractivity contribution in [3.8, 4) is 5.75 Å². The molecule has 0 amide bonds. The first-order valence-corrected chi connectivity index (χ1v) is 12.8. The summed E-state index contributed by atoms with van der Waals surface area (Å²) in [5, 5.41) is 10.7. The lowest BCUT2D eigenvalue weighted by molar-refractivity contribution is -0.112. The van der Waals surface area contributed by atoms with Crippen LogP contribution in [0.4, 0.5) is 0 Å². The van der Waals surface area contributed by atoms with Gasteiger partial charge in [-0.2, -0.15) is 0 Å². The van der Waals surface area contributed by atoms with E-state index in [1.165, 1.54) is 31.2 Å². The highest BCUT2D eigenvalue weighted by molar-refractivity contribution is 6.07. The Balaban J connectivity index is 1.27. The van der Waals surface area contributed by atoms with E-state index >= 15 is 0 Å². The summed E-state index contributed by atoms with van der Waals surface area (Å²) < 4.78 is 11.4. The van der Waals surface area contributed by atoms with Crippen LogP contribution in [0.3, 0.4) is 0 Å². The van der Waals surface area contributed by atoms with Gasteiger partial charge in [-0.15, -0.1) is 0 Å². The number of carbonyl (C=O) groups excluding carboxylic acids is 1. The number of hydrogen-bond donors (Lipinski definition) is 1. The Morgan fingerprint density at radius 2 is 1.79 bits per heavy atom. The number of furan rings is 1. The molecule has 1 N–H and O–H groups in total. The summed E-state index contributed by atoms with van der Waals surface area (Å²) in [5.41, 5.74) is 2.26. The van der Waals surface area contributed by atoms with Gasteiger partial charge < -0.3 is 14.3 Å². The molecule has 176 valence electrons. The molecule has 1 aromatic carbocycles. The Morgan fingerprint density at radius 1 is 1.03 bits per heavy atom. The van der Waals surface area contributed by atoms with Crippen molar-refractivity contribution in [3.63, 3.8) is 0 Å². The van der Waals surface area contributed by atoms with Crippen LogP contribution in [0.15, 0.2) is 34.7 Å². The van der Waals surface area contributed by atoms with Crippen LogP contribution in [0.2, 0.25) is 0 Å². The lowest BCUT2D eigenvalue weighted by Crippen LogP contribution is -2.54. The molecule has 0 saturated heterocycles. The minimum Gasteiger partial charge on any atom is -0.497 e. The summed E-state index contributed by atoms with van der Waals surface area (Å²) in [5.74, 6) is 4.93. The van der Waals surface area contributed by atoms with E-state index in [1.54, 1.807) is 7.11 Å². The maximum atomic E-state index is 13.1. The smallest absolute Gasteiger partial charge is 0.228 e. The van der Waals surface area contributed by atoms with E-state index in [0.29, 0.717) is 29.1 Å². The quantitative estimate of drug-likeness (QED) is 0.600. The number of hydrogen-bond acceptors (Lipinski definition) is 4. The van der Waals surface area contributed by atoms with E-state index in [9.17, 15) is 9.90 Å². The lowest BCUT2D eigenvalue weighted by atomic mass is 9.45. The highest BCUT2D eigenvalue weighted by atomic mass is 16.5. The van der Waals surface area contributed by atoms with Crippen molar-refractivity contribution < 1.29 is 19.1 Å². The highest BCUT2D eigenvalue weighted by Crippen LogP contribution is 2.65. The monoisotopic (exact) mass is 448 g/mol. The standard InChI is InChI=1S/C29H36O4/c1-28-13-12-23-21(22(28)10-11-26(28)30)9-6-19-15-24-18(16-29(19,23)2)14-25(33-24)27(31)17-4-7-20(32-3)8-5-17/h4-5,7-8,14,19,21-23,26,30H,6,9-13,15-16H2,1-3H3/t19-,21?,22?,23?,26-,28-,29-/m0/s1. The molecule has 4 nitrogen and oxygen atoms in total. The number of rotatable bonds is 3. The summed E-state index contributed by atoms with van der Waals surface area (Å²) >= 11 is 0. The summed E-state index contributed by atoms with van der Waals surface area (Å²) in [7, 11) is 1.63. The van der Waals surface area contributed by atoms with Gasteiger partial charge in [0.05, 0.1) is 13.2 Å². The molecule has 3 fully saturated rings. The second-order valence-electron chi connectivity index (χ2n) is 11.8. The van der Waals surface area contributed by atoms with Gasteiger partial charge in [-0.3, -0.25) is 4.79 Å². The first-order valence-electron chi connectivity index (χ1n) is 12.8. The van der Waals surface area contributed by atoms with E-state index in [4.69, 9.17) is 9.15 Å². The minimum atomic E-state index is -0.118. The second kappa shape index (κ2) is 7.46. The Labute approximate surface area is 196 Å². The van der Waals surface area contributed by atoms with Gasteiger partial charge in [-0.05, 0) is 115 Å². The van der Waals surface area contributed by atoms with Crippen LogP contribution in [0.5, 0.6) is 5.75 Å². The molecule has 0 bridgehead atoms. The fourth-order valence-corrected chi connectivity index (χ4v) is 8.54. The molecule has 0 aliphatic heterocycles. The average molecular weight is 449 g/mol. The SMILES string of the molecule is COc1ccc(C(=O)c2cc3c(o2)C[C@@H]2CCC4C5CC[C@H](O)[C@@]5(C)CCC4[C@@]2(C)C3)cc1. The summed E-state index contributed by atoms with van der Waals surface area (Å²) in [4.78, 5) is 13.1. The van der Waals surface area contributed by atoms with Crippen molar-refractivity contribution in [1.29, 1.82) is 0 Å². The van der Waals surface area contributed by atoms with Gasteiger partial charge in [0, 0.05) is 12.0 Å². The molecule has 7 atom stereocenters. The maximum absolute atomic E-state index is 13.1. The second-order valence-corrected chi connectivity index (χ2v) is 11.8. The van der Waals surface area contributed by atoms with Crippen molar-refractivity contribution in [2.45, 2.75) is 71.3 Å². The number of ketones is 1. The first-order chi connectivity index (χ1) is 15.8. The van der Waals surface area contributed by atoms with E-state index in [0.717, 1.165) is 43.1 Å². The third kappa shape index (κ3) is 3.09. The minimum absolute atomic E-state index is 0.0496. The number of ether oxygens (including phenoxy) is 1. The highest BCUT2D eigenvalue weighted by Gasteiger charge is 2.60. The molecular formula is C29H36O4. The predicted octanol–water partition coefficient (Wildman–Crippen LogP) is 5.84. The average Bonchev–Trinajstić information content (AvgIpc) is 3.36. The Bertz CT molecular complexity index is 1070. The lowest BCUT2D eigenvalue weighted by Gasteiger charge is -2.59. The van der Waals surface area contributed by atoms with Crippen molar-refractivity contribution in [2.24, 2.45) is 34.5 Å². The Morgan fingerprint density at radius 3 is 2.55 bits per heavy atom. The van der Waals surface area contributed by atoms with Crippen LogP contribution in [0.1, 0.15) is 79.8 Å². The molecule has 4 aliphatic rings. The van der Waals surface area contributed by atoms with E-state index in [-0.39, 0.29) is 22.7 Å². The van der Waals surface area contributed by atoms with Gasteiger partial charge in [-0.25, -0.2) is 0 Å². The molecule has 3 unspecified atom stereocenters.